The van der Waals surface area contributed by atoms with Crippen LogP contribution in [0, 0.1) is 30.6 Å². The molecule has 3 fully saturated rings. The molecule has 2 aliphatic heterocycles. The average molecular weight is 714 g/mol. The van der Waals surface area contributed by atoms with Crippen LogP contribution in [0.1, 0.15) is 41.0 Å². The second-order valence-corrected chi connectivity index (χ2v) is 14.4. The number of rotatable bonds is 7. The zero-order valence-electron chi connectivity index (χ0n) is 28.6. The van der Waals surface area contributed by atoms with E-state index in [1.807, 2.05) is 55.5 Å². The number of carbonyl (C=O) groups excluding carboxylic acids is 4. The summed E-state index contributed by atoms with van der Waals surface area (Å²) >= 11 is 6.64. The lowest BCUT2D eigenvalue weighted by molar-refractivity contribution is -0.138. The Morgan fingerprint density at radius 3 is 2.31 bits per heavy atom. The van der Waals surface area contributed by atoms with Gasteiger partial charge in [-0.3, -0.25) is 29.5 Å². The first-order valence-electron chi connectivity index (χ1n) is 17.2. The summed E-state index contributed by atoms with van der Waals surface area (Å²) in [6.07, 6.45) is 4.09. The molecule has 4 aromatic rings. The molecule has 0 aromatic heterocycles. The standard InChI is InChI=1S/C42H36ClN3O6/c1-4-24-12-16-28(17-13-24)45-38(48)30-19-18-29-31(35(30)40(45)50)22-32-39(49)46(44-27-14-10-23(2)11-15-27)41(51)42(32,26-8-6-5-7-9-26)36(29)25-20-33(43)37(47)34(21-25)52-3/h4-18,20-21,30-32,35-36,44,47H,1,19,22H2,2-3H3/t30-,31+,32-,35-,36-,42+/m0/s1. The number of hydrazine groups is 1. The number of phenolic OH excluding ortho intramolecular Hbond substituents is 1. The molecule has 8 rings (SSSR count). The molecular weight excluding hydrogens is 678 g/mol. The Kier molecular flexibility index (Phi) is 8.06. The highest BCUT2D eigenvalue weighted by Gasteiger charge is 2.70. The molecule has 4 aromatic carbocycles. The van der Waals surface area contributed by atoms with Crippen molar-refractivity contribution >= 4 is 52.7 Å². The van der Waals surface area contributed by atoms with Crippen LogP contribution in [-0.2, 0) is 24.6 Å². The van der Waals surface area contributed by atoms with Gasteiger partial charge in [-0.1, -0.05) is 96.1 Å². The summed E-state index contributed by atoms with van der Waals surface area (Å²) in [4.78, 5) is 60.0. The number of anilines is 2. The summed E-state index contributed by atoms with van der Waals surface area (Å²) in [5.41, 5.74) is 6.46. The molecule has 4 aliphatic rings. The second-order valence-electron chi connectivity index (χ2n) is 14.0. The number of aromatic hydroxyl groups is 1. The van der Waals surface area contributed by atoms with Crippen LogP contribution >= 0.6 is 11.6 Å². The van der Waals surface area contributed by atoms with Gasteiger partial charge in [0.1, 0.15) is 0 Å². The maximum Gasteiger partial charge on any atom is 0.260 e. The number of fused-ring (bicyclic) bond motifs is 4. The van der Waals surface area contributed by atoms with Crippen LogP contribution < -0.4 is 15.1 Å². The second kappa shape index (κ2) is 12.5. The van der Waals surface area contributed by atoms with Crippen LogP contribution in [0.15, 0.2) is 109 Å². The lowest BCUT2D eigenvalue weighted by atomic mass is 9.49. The van der Waals surface area contributed by atoms with E-state index in [1.165, 1.54) is 12.0 Å². The summed E-state index contributed by atoms with van der Waals surface area (Å²) in [5, 5.41) is 11.9. The van der Waals surface area contributed by atoms with Crippen molar-refractivity contribution in [1.29, 1.82) is 0 Å². The van der Waals surface area contributed by atoms with Gasteiger partial charge in [0.15, 0.2) is 11.5 Å². The van der Waals surface area contributed by atoms with Crippen LogP contribution in [-0.4, -0.2) is 40.9 Å². The fourth-order valence-corrected chi connectivity index (χ4v) is 9.27. The molecule has 10 heteroatoms. The SMILES string of the molecule is C=Cc1ccc(N2C(=O)[C@H]3[C@H](CC=C4[C@H]3C[C@H]3C(=O)N(Nc5ccc(C)cc5)C(=O)[C@@]3(c3ccccc3)[C@H]4c3cc(Cl)c(O)c(OC)c3)C2=O)cc1. The third-order valence-electron chi connectivity index (χ3n) is 11.4. The normalized spacial score (nSPS) is 26.4. The van der Waals surface area contributed by atoms with E-state index in [4.69, 9.17) is 16.3 Å². The van der Waals surface area contributed by atoms with Gasteiger partial charge in [-0.25, -0.2) is 0 Å². The molecule has 0 bridgehead atoms. The van der Waals surface area contributed by atoms with E-state index in [-0.39, 0.29) is 41.2 Å². The van der Waals surface area contributed by atoms with Gasteiger partial charge < -0.3 is 9.84 Å². The van der Waals surface area contributed by atoms with Gasteiger partial charge in [-0.15, -0.1) is 0 Å². The highest BCUT2D eigenvalue weighted by atomic mass is 35.5. The number of amides is 4. The van der Waals surface area contributed by atoms with Crippen LogP contribution in [0.4, 0.5) is 11.4 Å². The number of halogens is 1. The highest BCUT2D eigenvalue weighted by Crippen LogP contribution is 2.64. The van der Waals surface area contributed by atoms with Crippen molar-refractivity contribution in [2.24, 2.45) is 23.7 Å². The van der Waals surface area contributed by atoms with Gasteiger partial charge in [0.2, 0.25) is 11.8 Å². The van der Waals surface area contributed by atoms with Crippen molar-refractivity contribution in [2.75, 3.05) is 17.4 Å². The molecule has 0 radical (unpaired) electrons. The maximum atomic E-state index is 15.3. The van der Waals surface area contributed by atoms with Crippen molar-refractivity contribution in [3.05, 3.63) is 137 Å². The first-order valence-corrected chi connectivity index (χ1v) is 17.6. The first-order chi connectivity index (χ1) is 25.1. The van der Waals surface area contributed by atoms with Crippen LogP contribution in [0.5, 0.6) is 11.5 Å². The van der Waals surface area contributed by atoms with E-state index in [0.717, 1.165) is 21.7 Å². The molecule has 2 aliphatic carbocycles. The van der Waals surface area contributed by atoms with Gasteiger partial charge in [-0.05, 0) is 78.8 Å². The number of ether oxygens (including phenoxy) is 1. The molecule has 0 spiro atoms. The number of carbonyl (C=O) groups is 4. The maximum absolute atomic E-state index is 15.3. The molecule has 4 amide bonds. The summed E-state index contributed by atoms with van der Waals surface area (Å²) in [5.74, 6) is -5.40. The number of nitrogens with zero attached hydrogens (tertiary/aromatic N) is 2. The Hall–Kier alpha value is -5.67. The predicted octanol–water partition coefficient (Wildman–Crippen LogP) is 7.20. The van der Waals surface area contributed by atoms with Crippen LogP contribution in [0.2, 0.25) is 5.02 Å². The Morgan fingerprint density at radius 2 is 1.63 bits per heavy atom. The number of hydrogen-bond acceptors (Lipinski definition) is 7. The minimum atomic E-state index is -1.48. The summed E-state index contributed by atoms with van der Waals surface area (Å²) in [7, 11) is 1.41. The Morgan fingerprint density at radius 1 is 0.923 bits per heavy atom. The molecule has 52 heavy (non-hydrogen) atoms. The van der Waals surface area contributed by atoms with E-state index >= 15 is 4.79 Å². The molecule has 2 saturated heterocycles. The van der Waals surface area contributed by atoms with E-state index in [1.54, 1.807) is 54.6 Å². The molecule has 262 valence electrons. The smallest absolute Gasteiger partial charge is 0.260 e. The lowest BCUT2D eigenvalue weighted by Gasteiger charge is -2.50. The zero-order valence-corrected chi connectivity index (χ0v) is 29.3. The number of benzene rings is 4. The Balaban J connectivity index is 1.33. The highest BCUT2D eigenvalue weighted by molar-refractivity contribution is 6.32. The van der Waals surface area contributed by atoms with Crippen molar-refractivity contribution in [2.45, 2.75) is 31.1 Å². The van der Waals surface area contributed by atoms with Gasteiger partial charge in [0.25, 0.3) is 11.8 Å². The van der Waals surface area contributed by atoms with E-state index in [0.29, 0.717) is 22.5 Å². The van der Waals surface area contributed by atoms with Gasteiger partial charge in [0.05, 0.1) is 46.7 Å². The molecule has 0 unspecified atom stereocenters. The number of phenols is 1. The molecular formula is C42H36ClN3O6. The Labute approximate surface area is 306 Å². The van der Waals surface area contributed by atoms with Crippen molar-refractivity contribution < 1.29 is 29.0 Å². The van der Waals surface area contributed by atoms with E-state index < -0.39 is 46.8 Å². The van der Waals surface area contributed by atoms with E-state index in [9.17, 15) is 19.5 Å². The fraction of sp³-hybridized carbons (Fsp3) is 0.238. The predicted molar refractivity (Wildman–Crippen MR) is 197 cm³/mol. The number of aryl methyl sites for hydroxylation is 1. The molecule has 2 N–H and O–H groups in total. The molecule has 9 nitrogen and oxygen atoms in total. The van der Waals surface area contributed by atoms with Gasteiger partial charge in [0, 0.05) is 5.92 Å². The topological polar surface area (TPSA) is 116 Å². The number of imide groups is 2. The van der Waals surface area contributed by atoms with E-state index in [2.05, 4.69) is 12.0 Å². The number of nitrogens with one attached hydrogen (secondary N) is 1. The van der Waals surface area contributed by atoms with Crippen LogP contribution in [0.25, 0.3) is 6.08 Å². The lowest BCUT2D eigenvalue weighted by Crippen LogP contribution is -2.53. The van der Waals surface area contributed by atoms with Crippen molar-refractivity contribution in [3.8, 4) is 11.5 Å². The summed E-state index contributed by atoms with van der Waals surface area (Å²) in [6, 6.07) is 26.9. The fourth-order valence-electron chi connectivity index (χ4n) is 9.05. The first kappa shape index (κ1) is 33.5. The third-order valence-corrected chi connectivity index (χ3v) is 11.7. The minimum Gasteiger partial charge on any atom is -0.503 e. The third kappa shape index (κ3) is 4.83. The monoisotopic (exact) mass is 713 g/mol. The van der Waals surface area contributed by atoms with Crippen LogP contribution in [0.3, 0.4) is 0 Å². The number of allylic oxidation sites excluding steroid dienone is 2. The van der Waals surface area contributed by atoms with Gasteiger partial charge >= 0.3 is 0 Å². The number of methoxy groups -OCH3 is 1. The molecule has 1 saturated carbocycles. The zero-order chi connectivity index (χ0) is 36.5. The van der Waals surface area contributed by atoms with Crippen molar-refractivity contribution in [1.82, 2.24) is 5.01 Å². The number of hydrogen-bond donors (Lipinski definition) is 2. The Bertz CT molecular complexity index is 2180. The quantitative estimate of drug-likeness (QED) is 0.154. The van der Waals surface area contributed by atoms with Crippen molar-refractivity contribution in [3.63, 3.8) is 0 Å². The average Bonchev–Trinajstić information content (AvgIpc) is 3.54. The minimum absolute atomic E-state index is 0.0122. The molecule has 6 atom stereocenters. The van der Waals surface area contributed by atoms with Gasteiger partial charge in [-0.2, -0.15) is 5.01 Å². The summed E-state index contributed by atoms with van der Waals surface area (Å²) in [6.45, 7) is 5.75. The summed E-state index contributed by atoms with van der Waals surface area (Å²) < 4.78 is 5.54. The largest absolute Gasteiger partial charge is 0.503 e. The molecule has 2 heterocycles.